The Labute approximate surface area is 141 Å². The average Bonchev–Trinajstić information content (AvgIpc) is 2.55. The zero-order chi connectivity index (χ0) is 17.2. The number of nitrogens with zero attached hydrogens (tertiary/aromatic N) is 1. The number of halogens is 4. The number of hydrogen-bond acceptors (Lipinski definition) is 2. The molecule has 122 valence electrons. The van der Waals surface area contributed by atoms with Gasteiger partial charge in [0.2, 0.25) is 0 Å². The van der Waals surface area contributed by atoms with Crippen molar-refractivity contribution in [2.24, 2.45) is 0 Å². The van der Waals surface area contributed by atoms with Crippen LogP contribution in [0.1, 0.15) is 0 Å². The first-order valence-electron chi connectivity index (χ1n) is 6.99. The minimum Gasteiger partial charge on any atom is -0.406 e. The summed E-state index contributed by atoms with van der Waals surface area (Å²) in [6.45, 7) is 0. The Bertz CT molecular complexity index is 830. The van der Waals surface area contributed by atoms with Gasteiger partial charge in [-0.05, 0) is 48.0 Å². The number of rotatable bonds is 3. The summed E-state index contributed by atoms with van der Waals surface area (Å²) in [4.78, 5) is 4.36. The zero-order valence-electron chi connectivity index (χ0n) is 12.2. The van der Waals surface area contributed by atoms with Gasteiger partial charge < -0.3 is 4.74 Å². The quantitative estimate of drug-likeness (QED) is 0.581. The van der Waals surface area contributed by atoms with Crippen molar-refractivity contribution in [2.75, 3.05) is 0 Å². The molecular weight excluding hydrogens is 339 g/mol. The fourth-order valence-corrected chi connectivity index (χ4v) is 2.44. The highest BCUT2D eigenvalue weighted by atomic mass is 35.5. The molecule has 0 saturated heterocycles. The Balaban J connectivity index is 1.97. The Morgan fingerprint density at radius 2 is 1.46 bits per heavy atom. The van der Waals surface area contributed by atoms with E-state index >= 15 is 0 Å². The van der Waals surface area contributed by atoms with Crippen molar-refractivity contribution in [1.82, 2.24) is 4.98 Å². The highest BCUT2D eigenvalue weighted by Gasteiger charge is 2.31. The van der Waals surface area contributed by atoms with Crippen LogP contribution in [0.15, 0.2) is 66.9 Å². The van der Waals surface area contributed by atoms with E-state index in [9.17, 15) is 13.2 Å². The highest BCUT2D eigenvalue weighted by molar-refractivity contribution is 6.30. The van der Waals surface area contributed by atoms with Crippen molar-refractivity contribution in [3.05, 3.63) is 71.9 Å². The molecule has 0 aliphatic carbocycles. The highest BCUT2D eigenvalue weighted by Crippen LogP contribution is 2.32. The maximum atomic E-state index is 12.2. The summed E-state index contributed by atoms with van der Waals surface area (Å²) in [6.07, 6.45) is -3.07. The first-order chi connectivity index (χ1) is 11.4. The molecule has 1 heterocycles. The van der Waals surface area contributed by atoms with Crippen LogP contribution in [0.5, 0.6) is 5.75 Å². The molecule has 6 heteroatoms. The first kappa shape index (κ1) is 16.3. The predicted molar refractivity (Wildman–Crippen MR) is 86.8 cm³/mol. The van der Waals surface area contributed by atoms with Crippen molar-refractivity contribution >= 4 is 11.6 Å². The van der Waals surface area contributed by atoms with Crippen molar-refractivity contribution < 1.29 is 17.9 Å². The normalized spacial score (nSPS) is 11.3. The van der Waals surface area contributed by atoms with Gasteiger partial charge >= 0.3 is 6.36 Å². The Hall–Kier alpha value is -2.53. The third-order valence-electron chi connectivity index (χ3n) is 3.32. The van der Waals surface area contributed by atoms with Gasteiger partial charge in [-0.3, -0.25) is 4.98 Å². The van der Waals surface area contributed by atoms with Gasteiger partial charge in [-0.1, -0.05) is 29.8 Å². The molecule has 0 saturated carbocycles. The standard InChI is InChI=1S/C18H11ClF3NO/c19-14-7-3-12(4-8-14)16-2-1-11-23-17(16)13-5-9-15(10-6-13)24-18(20,21)22/h1-11H. The van der Waals surface area contributed by atoms with Crippen LogP contribution in [0.25, 0.3) is 22.4 Å². The Morgan fingerprint density at radius 1 is 0.833 bits per heavy atom. The molecule has 2 nitrogen and oxygen atoms in total. The van der Waals surface area contributed by atoms with E-state index in [1.54, 1.807) is 36.5 Å². The third-order valence-corrected chi connectivity index (χ3v) is 3.58. The molecule has 0 fully saturated rings. The molecule has 0 atom stereocenters. The molecule has 2 aromatic carbocycles. The van der Waals surface area contributed by atoms with E-state index in [-0.39, 0.29) is 5.75 Å². The van der Waals surface area contributed by atoms with E-state index in [1.807, 2.05) is 18.2 Å². The second-order valence-electron chi connectivity index (χ2n) is 4.98. The number of aromatic nitrogens is 1. The molecule has 0 radical (unpaired) electrons. The van der Waals surface area contributed by atoms with Gasteiger partial charge in [0.1, 0.15) is 5.75 Å². The van der Waals surface area contributed by atoms with Gasteiger partial charge in [-0.15, -0.1) is 13.2 Å². The minimum atomic E-state index is -4.71. The molecule has 24 heavy (non-hydrogen) atoms. The van der Waals surface area contributed by atoms with Crippen LogP contribution in [0.3, 0.4) is 0 Å². The van der Waals surface area contributed by atoms with Gasteiger partial charge in [0.05, 0.1) is 5.69 Å². The zero-order valence-corrected chi connectivity index (χ0v) is 13.0. The van der Waals surface area contributed by atoms with Gasteiger partial charge in [-0.25, -0.2) is 0 Å². The number of ether oxygens (including phenoxy) is 1. The van der Waals surface area contributed by atoms with Crippen LogP contribution >= 0.6 is 11.6 Å². The monoisotopic (exact) mass is 349 g/mol. The van der Waals surface area contributed by atoms with Crippen LogP contribution in [0.2, 0.25) is 5.02 Å². The van der Waals surface area contributed by atoms with Gasteiger partial charge in [0.15, 0.2) is 0 Å². The number of hydrogen-bond donors (Lipinski definition) is 0. The fourth-order valence-electron chi connectivity index (χ4n) is 2.31. The molecule has 0 aliphatic heterocycles. The summed E-state index contributed by atoms with van der Waals surface area (Å²) in [5.74, 6) is -0.268. The average molecular weight is 350 g/mol. The lowest BCUT2D eigenvalue weighted by atomic mass is 9.99. The summed E-state index contributed by atoms with van der Waals surface area (Å²) < 4.78 is 40.6. The topological polar surface area (TPSA) is 22.1 Å². The van der Waals surface area contributed by atoms with Crippen molar-refractivity contribution in [3.63, 3.8) is 0 Å². The summed E-state index contributed by atoms with van der Waals surface area (Å²) in [5.41, 5.74) is 3.13. The largest absolute Gasteiger partial charge is 0.573 e. The van der Waals surface area contributed by atoms with E-state index in [0.717, 1.165) is 11.1 Å². The van der Waals surface area contributed by atoms with Crippen LogP contribution in [0.4, 0.5) is 13.2 Å². The van der Waals surface area contributed by atoms with E-state index < -0.39 is 6.36 Å². The summed E-state index contributed by atoms with van der Waals surface area (Å²) >= 11 is 5.90. The van der Waals surface area contributed by atoms with Crippen LogP contribution in [-0.4, -0.2) is 11.3 Å². The summed E-state index contributed by atoms with van der Waals surface area (Å²) in [5, 5.41) is 0.623. The molecule has 1 aromatic heterocycles. The van der Waals surface area contributed by atoms with Gasteiger partial charge in [0, 0.05) is 22.3 Å². The van der Waals surface area contributed by atoms with Crippen LogP contribution < -0.4 is 4.74 Å². The van der Waals surface area contributed by atoms with Crippen LogP contribution in [-0.2, 0) is 0 Å². The lowest BCUT2D eigenvalue weighted by Crippen LogP contribution is -2.16. The molecule has 0 unspecified atom stereocenters. The van der Waals surface area contributed by atoms with E-state index in [0.29, 0.717) is 16.3 Å². The lowest BCUT2D eigenvalue weighted by Gasteiger charge is -2.11. The van der Waals surface area contributed by atoms with Crippen molar-refractivity contribution in [2.45, 2.75) is 6.36 Å². The molecule has 0 spiro atoms. The lowest BCUT2D eigenvalue weighted by molar-refractivity contribution is -0.274. The number of benzene rings is 2. The molecule has 0 aliphatic rings. The fraction of sp³-hybridized carbons (Fsp3) is 0.0556. The van der Waals surface area contributed by atoms with Crippen molar-refractivity contribution in [3.8, 4) is 28.1 Å². The Kier molecular flexibility index (Phi) is 4.44. The van der Waals surface area contributed by atoms with E-state index in [1.165, 1.54) is 12.1 Å². The molecule has 0 bridgehead atoms. The smallest absolute Gasteiger partial charge is 0.406 e. The second-order valence-corrected chi connectivity index (χ2v) is 5.42. The second kappa shape index (κ2) is 6.53. The summed E-state index contributed by atoms with van der Waals surface area (Å²) in [7, 11) is 0. The van der Waals surface area contributed by atoms with Gasteiger partial charge in [-0.2, -0.15) is 0 Å². The molecule has 3 rings (SSSR count). The van der Waals surface area contributed by atoms with E-state index in [2.05, 4.69) is 9.72 Å². The maximum absolute atomic E-state index is 12.2. The molecule has 0 amide bonds. The SMILES string of the molecule is FC(F)(F)Oc1ccc(-c2ncccc2-c2ccc(Cl)cc2)cc1. The number of pyridine rings is 1. The minimum absolute atomic E-state index is 0.268. The van der Waals surface area contributed by atoms with Gasteiger partial charge in [0.25, 0.3) is 0 Å². The maximum Gasteiger partial charge on any atom is 0.573 e. The Morgan fingerprint density at radius 3 is 2.08 bits per heavy atom. The third kappa shape index (κ3) is 3.86. The molecular formula is C18H11ClF3NO. The molecule has 0 N–H and O–H groups in total. The van der Waals surface area contributed by atoms with E-state index in [4.69, 9.17) is 11.6 Å². The summed E-state index contributed by atoms with van der Waals surface area (Å²) in [6, 6.07) is 16.6. The van der Waals surface area contributed by atoms with Crippen molar-refractivity contribution in [1.29, 1.82) is 0 Å². The van der Waals surface area contributed by atoms with Crippen LogP contribution in [0, 0.1) is 0 Å². The molecule has 3 aromatic rings. The first-order valence-corrected chi connectivity index (χ1v) is 7.37. The number of alkyl halides is 3. The predicted octanol–water partition coefficient (Wildman–Crippen LogP) is 5.97.